The van der Waals surface area contributed by atoms with Gasteiger partial charge < -0.3 is 4.90 Å². The molecule has 3 aromatic carbocycles. The van der Waals surface area contributed by atoms with Crippen LogP contribution in [-0.2, 0) is 13.1 Å². The van der Waals surface area contributed by atoms with Crippen LogP contribution in [0.4, 0.5) is 5.82 Å². The average molecular weight is 469 g/mol. The zero-order chi connectivity index (χ0) is 23.1. The van der Waals surface area contributed by atoms with Crippen molar-refractivity contribution in [2.75, 3.05) is 31.1 Å². The Morgan fingerprint density at radius 3 is 1.97 bits per heavy atom. The molecule has 34 heavy (non-hydrogen) atoms. The van der Waals surface area contributed by atoms with Gasteiger partial charge in [-0.1, -0.05) is 48.5 Å². The summed E-state index contributed by atoms with van der Waals surface area (Å²) in [7, 11) is 0. The fourth-order valence-electron chi connectivity index (χ4n) is 4.79. The van der Waals surface area contributed by atoms with Gasteiger partial charge in [0.25, 0.3) is 11.8 Å². The molecular formula is C27H24N4O2S. The van der Waals surface area contributed by atoms with E-state index in [-0.39, 0.29) is 11.8 Å². The van der Waals surface area contributed by atoms with Gasteiger partial charge in [-0.25, -0.2) is 0 Å². The van der Waals surface area contributed by atoms with E-state index in [0.29, 0.717) is 17.7 Å². The van der Waals surface area contributed by atoms with Crippen LogP contribution in [0, 0.1) is 0 Å². The van der Waals surface area contributed by atoms with Crippen molar-refractivity contribution in [3.05, 3.63) is 95.1 Å². The van der Waals surface area contributed by atoms with Crippen LogP contribution in [0.25, 0.3) is 10.1 Å². The SMILES string of the molecule is O=C1c2ccccc2C(=O)N1Cc1ccc(CN2CCN(c3nsc4ccccc34)CC2)cc1. The molecule has 0 spiro atoms. The number of fused-ring (bicyclic) bond motifs is 2. The zero-order valence-corrected chi connectivity index (χ0v) is 19.5. The minimum atomic E-state index is -0.213. The molecule has 0 radical (unpaired) electrons. The molecule has 6 rings (SSSR count). The molecule has 0 unspecified atom stereocenters. The fraction of sp³-hybridized carbons (Fsp3) is 0.222. The molecule has 0 saturated carbocycles. The van der Waals surface area contributed by atoms with E-state index in [0.717, 1.165) is 44.1 Å². The summed E-state index contributed by atoms with van der Waals surface area (Å²) in [4.78, 5) is 31.4. The Labute approximate surface area is 202 Å². The summed E-state index contributed by atoms with van der Waals surface area (Å²) in [5.74, 6) is 0.684. The molecule has 1 aromatic heterocycles. The molecule has 1 fully saturated rings. The first-order chi connectivity index (χ1) is 16.7. The van der Waals surface area contributed by atoms with Gasteiger partial charge in [-0.15, -0.1) is 0 Å². The number of benzene rings is 3. The molecule has 2 amide bonds. The van der Waals surface area contributed by atoms with Crippen LogP contribution in [0.15, 0.2) is 72.8 Å². The summed E-state index contributed by atoms with van der Waals surface area (Å²) in [5.41, 5.74) is 3.18. The number of amides is 2. The van der Waals surface area contributed by atoms with Gasteiger partial charge in [0.1, 0.15) is 5.82 Å². The summed E-state index contributed by atoms with van der Waals surface area (Å²) in [6, 6.07) is 23.7. The van der Waals surface area contributed by atoms with E-state index >= 15 is 0 Å². The quantitative estimate of drug-likeness (QED) is 0.406. The molecule has 2 aliphatic heterocycles. The second-order valence-corrected chi connectivity index (χ2v) is 9.63. The lowest BCUT2D eigenvalue weighted by atomic mass is 10.1. The highest BCUT2D eigenvalue weighted by molar-refractivity contribution is 7.13. The fourth-order valence-corrected chi connectivity index (χ4v) is 5.59. The Kier molecular flexibility index (Phi) is 5.36. The zero-order valence-electron chi connectivity index (χ0n) is 18.7. The molecule has 6 nitrogen and oxygen atoms in total. The molecule has 2 aliphatic rings. The van der Waals surface area contributed by atoms with Gasteiger partial charge in [0, 0.05) is 38.1 Å². The maximum atomic E-state index is 12.6. The van der Waals surface area contributed by atoms with Gasteiger partial charge in [0.05, 0.1) is 22.4 Å². The standard InChI is InChI=1S/C27H24N4O2S/c32-26-21-5-1-2-6-22(21)27(33)31(26)18-20-11-9-19(10-12-20)17-29-13-15-30(16-14-29)25-23-7-3-4-8-24(23)34-28-25/h1-12H,13-18H2. The van der Waals surface area contributed by atoms with E-state index < -0.39 is 0 Å². The van der Waals surface area contributed by atoms with Crippen LogP contribution in [0.2, 0.25) is 0 Å². The van der Waals surface area contributed by atoms with Crippen LogP contribution in [0.1, 0.15) is 31.8 Å². The third-order valence-electron chi connectivity index (χ3n) is 6.68. The number of rotatable bonds is 5. The molecular weight excluding hydrogens is 444 g/mol. The van der Waals surface area contributed by atoms with Gasteiger partial charge in [0.15, 0.2) is 0 Å². The normalized spacial score (nSPS) is 16.5. The summed E-state index contributed by atoms with van der Waals surface area (Å²) in [6.07, 6.45) is 0. The molecule has 170 valence electrons. The molecule has 4 aromatic rings. The summed E-state index contributed by atoms with van der Waals surface area (Å²) >= 11 is 1.57. The number of carbonyl (C=O) groups excluding carboxylic acids is 2. The molecule has 0 bridgehead atoms. The van der Waals surface area contributed by atoms with E-state index in [1.54, 1.807) is 35.8 Å². The minimum Gasteiger partial charge on any atom is -0.353 e. The van der Waals surface area contributed by atoms with E-state index in [1.807, 2.05) is 12.1 Å². The number of carbonyl (C=O) groups is 2. The Morgan fingerprint density at radius 2 is 1.29 bits per heavy atom. The number of hydrogen-bond donors (Lipinski definition) is 0. The first-order valence-electron chi connectivity index (χ1n) is 11.5. The third kappa shape index (κ3) is 3.77. The topological polar surface area (TPSA) is 56.8 Å². The number of anilines is 1. The smallest absolute Gasteiger partial charge is 0.261 e. The highest BCUT2D eigenvalue weighted by Crippen LogP contribution is 2.30. The number of hydrogen-bond acceptors (Lipinski definition) is 6. The Hall–Kier alpha value is -3.55. The van der Waals surface area contributed by atoms with Gasteiger partial charge >= 0.3 is 0 Å². The Bertz CT molecular complexity index is 1340. The van der Waals surface area contributed by atoms with Gasteiger partial charge in [-0.05, 0) is 46.9 Å². The minimum absolute atomic E-state index is 0.213. The van der Waals surface area contributed by atoms with Crippen LogP contribution >= 0.6 is 11.5 Å². The molecule has 3 heterocycles. The number of piperazine rings is 1. The first kappa shape index (κ1) is 21.0. The van der Waals surface area contributed by atoms with Gasteiger partial charge in [-0.2, -0.15) is 4.37 Å². The van der Waals surface area contributed by atoms with Crippen molar-refractivity contribution in [1.82, 2.24) is 14.2 Å². The first-order valence-corrected chi connectivity index (χ1v) is 12.3. The van der Waals surface area contributed by atoms with E-state index in [9.17, 15) is 9.59 Å². The van der Waals surface area contributed by atoms with Crippen molar-refractivity contribution in [2.45, 2.75) is 13.1 Å². The highest BCUT2D eigenvalue weighted by Gasteiger charge is 2.34. The monoisotopic (exact) mass is 468 g/mol. The van der Waals surface area contributed by atoms with Gasteiger partial charge in [-0.3, -0.25) is 19.4 Å². The van der Waals surface area contributed by atoms with Crippen LogP contribution in [-0.4, -0.2) is 52.2 Å². The maximum Gasteiger partial charge on any atom is 0.261 e. The van der Waals surface area contributed by atoms with Crippen molar-refractivity contribution in [2.24, 2.45) is 0 Å². The summed E-state index contributed by atoms with van der Waals surface area (Å²) in [5, 5.41) is 1.25. The number of aromatic nitrogens is 1. The second-order valence-electron chi connectivity index (χ2n) is 8.82. The van der Waals surface area contributed by atoms with Crippen molar-refractivity contribution in [1.29, 1.82) is 0 Å². The predicted octanol–water partition coefficient (Wildman–Crippen LogP) is 4.41. The molecule has 1 saturated heterocycles. The summed E-state index contributed by atoms with van der Waals surface area (Å²) in [6.45, 7) is 5.09. The highest BCUT2D eigenvalue weighted by atomic mass is 32.1. The van der Waals surface area contributed by atoms with Crippen molar-refractivity contribution >= 4 is 39.3 Å². The van der Waals surface area contributed by atoms with Crippen LogP contribution < -0.4 is 4.90 Å². The van der Waals surface area contributed by atoms with Crippen molar-refractivity contribution < 1.29 is 9.59 Å². The lowest BCUT2D eigenvalue weighted by molar-refractivity contribution is 0.0642. The third-order valence-corrected chi connectivity index (χ3v) is 7.50. The molecule has 0 N–H and O–H groups in total. The Morgan fingerprint density at radius 1 is 0.706 bits per heavy atom. The van der Waals surface area contributed by atoms with Crippen LogP contribution in [0.3, 0.4) is 0 Å². The molecule has 7 heteroatoms. The molecule has 0 aliphatic carbocycles. The Balaban J connectivity index is 1.06. The number of nitrogens with zero attached hydrogens (tertiary/aromatic N) is 4. The second kappa shape index (κ2) is 8.66. The maximum absolute atomic E-state index is 12.6. The van der Waals surface area contributed by atoms with Gasteiger partial charge in [0.2, 0.25) is 0 Å². The largest absolute Gasteiger partial charge is 0.353 e. The average Bonchev–Trinajstić information content (AvgIpc) is 3.41. The molecule has 0 atom stereocenters. The van der Waals surface area contributed by atoms with Crippen molar-refractivity contribution in [3.8, 4) is 0 Å². The van der Waals surface area contributed by atoms with E-state index in [1.165, 1.54) is 20.5 Å². The summed E-state index contributed by atoms with van der Waals surface area (Å²) < 4.78 is 5.94. The van der Waals surface area contributed by atoms with Crippen LogP contribution in [0.5, 0.6) is 0 Å². The lowest BCUT2D eigenvalue weighted by Crippen LogP contribution is -2.46. The van der Waals surface area contributed by atoms with E-state index in [2.05, 4.69) is 46.2 Å². The van der Waals surface area contributed by atoms with E-state index in [4.69, 9.17) is 4.37 Å². The number of imide groups is 1. The lowest BCUT2D eigenvalue weighted by Gasteiger charge is -2.35. The van der Waals surface area contributed by atoms with Crippen molar-refractivity contribution in [3.63, 3.8) is 0 Å². The predicted molar refractivity (Wildman–Crippen MR) is 134 cm³/mol.